The van der Waals surface area contributed by atoms with E-state index in [1.807, 2.05) is 42.5 Å². The van der Waals surface area contributed by atoms with Crippen molar-refractivity contribution in [3.8, 4) is 23.0 Å². The molecule has 2 amide bonds. The number of hydrogen-bond acceptors (Lipinski definition) is 7. The molecule has 4 aromatic rings. The Morgan fingerprint density at radius 1 is 0.850 bits per heavy atom. The largest absolute Gasteiger partial charge is 0.493 e. The number of nitrogens with zero attached hydrogens (tertiary/aromatic N) is 1. The van der Waals surface area contributed by atoms with Crippen LogP contribution >= 0.6 is 27.7 Å². The lowest BCUT2D eigenvalue weighted by Crippen LogP contribution is -2.32. The van der Waals surface area contributed by atoms with Gasteiger partial charge in [0.2, 0.25) is 0 Å². The summed E-state index contributed by atoms with van der Waals surface area (Å²) in [5, 5.41) is 1.92. The summed E-state index contributed by atoms with van der Waals surface area (Å²) in [5.74, 6) is 1.82. The van der Waals surface area contributed by atoms with Crippen LogP contribution in [0.2, 0.25) is 0 Å². The Morgan fingerprint density at radius 3 is 2.38 bits per heavy atom. The number of rotatable bonds is 10. The number of methoxy groups -OCH3 is 2. The van der Waals surface area contributed by atoms with Gasteiger partial charge in [0.05, 0.1) is 30.1 Å². The van der Waals surface area contributed by atoms with Crippen LogP contribution in [0, 0.1) is 0 Å². The molecule has 204 valence electrons. The number of hydrogen-bond donors (Lipinski definition) is 0. The molecule has 5 rings (SSSR count). The lowest BCUT2D eigenvalue weighted by molar-refractivity contribution is -0.123. The lowest BCUT2D eigenvalue weighted by Gasteiger charge is -2.15. The van der Waals surface area contributed by atoms with Crippen molar-refractivity contribution in [2.24, 2.45) is 0 Å². The summed E-state index contributed by atoms with van der Waals surface area (Å²) in [6.07, 6.45) is 1.67. The second-order valence-electron chi connectivity index (χ2n) is 8.79. The minimum atomic E-state index is -0.370. The van der Waals surface area contributed by atoms with Gasteiger partial charge in [-0.1, -0.05) is 54.6 Å². The standard InChI is InChI=1S/C31H26BrNO6S/c1-36-25-12-5-6-13-26(25)38-15-14-33-30(34)28(40-31(33)35)18-20-16-24(32)29(27(17-20)37-2)39-19-22-10-7-9-21-8-3-4-11-23(21)22/h3-13,16-18H,14-15,19H2,1-2H3/b28-18-. The van der Waals surface area contributed by atoms with Crippen LogP contribution in [-0.4, -0.2) is 43.4 Å². The first-order valence-corrected chi connectivity index (χ1v) is 14.1. The first-order chi connectivity index (χ1) is 19.5. The fourth-order valence-corrected chi connectivity index (χ4v) is 5.80. The maximum Gasteiger partial charge on any atom is 0.293 e. The van der Waals surface area contributed by atoms with Crippen LogP contribution in [0.4, 0.5) is 4.79 Å². The van der Waals surface area contributed by atoms with E-state index >= 15 is 0 Å². The third-order valence-corrected chi connectivity index (χ3v) is 7.81. The maximum atomic E-state index is 13.0. The summed E-state index contributed by atoms with van der Waals surface area (Å²) in [7, 11) is 3.12. The van der Waals surface area contributed by atoms with Crippen LogP contribution in [0.1, 0.15) is 11.1 Å². The van der Waals surface area contributed by atoms with Gasteiger partial charge >= 0.3 is 0 Å². The van der Waals surface area contributed by atoms with Crippen molar-refractivity contribution in [3.63, 3.8) is 0 Å². The Labute approximate surface area is 244 Å². The predicted octanol–water partition coefficient (Wildman–Crippen LogP) is 7.31. The van der Waals surface area contributed by atoms with Crippen molar-refractivity contribution in [1.29, 1.82) is 0 Å². The van der Waals surface area contributed by atoms with Gasteiger partial charge in [-0.2, -0.15) is 0 Å². The summed E-state index contributed by atoms with van der Waals surface area (Å²) in [4.78, 5) is 27.1. The molecular formula is C31H26BrNO6S. The van der Waals surface area contributed by atoms with E-state index in [9.17, 15) is 9.59 Å². The van der Waals surface area contributed by atoms with E-state index in [0.717, 1.165) is 28.1 Å². The first-order valence-electron chi connectivity index (χ1n) is 12.5. The SMILES string of the molecule is COc1ccccc1OCCN1C(=O)S/C(=C\c2cc(Br)c(OCc3cccc4ccccc34)c(OC)c2)C1=O. The van der Waals surface area contributed by atoms with E-state index < -0.39 is 0 Å². The van der Waals surface area contributed by atoms with Crippen LogP contribution in [0.25, 0.3) is 16.8 Å². The summed E-state index contributed by atoms with van der Waals surface area (Å²) in [6.45, 7) is 0.618. The van der Waals surface area contributed by atoms with Crippen LogP contribution in [0.15, 0.2) is 88.2 Å². The summed E-state index contributed by atoms with van der Waals surface area (Å²) >= 11 is 4.48. The van der Waals surface area contributed by atoms with Gasteiger partial charge in [0.25, 0.3) is 11.1 Å². The number of para-hydroxylation sites is 2. The molecule has 4 aromatic carbocycles. The molecular weight excluding hydrogens is 594 g/mol. The normalized spacial score (nSPS) is 14.2. The molecule has 0 atom stereocenters. The average molecular weight is 621 g/mol. The number of carbonyl (C=O) groups excluding carboxylic acids is 2. The lowest BCUT2D eigenvalue weighted by atomic mass is 10.1. The highest BCUT2D eigenvalue weighted by Gasteiger charge is 2.35. The zero-order valence-electron chi connectivity index (χ0n) is 21.9. The summed E-state index contributed by atoms with van der Waals surface area (Å²) in [6, 6.07) is 25.1. The van der Waals surface area contributed by atoms with Gasteiger partial charge in [0.1, 0.15) is 13.2 Å². The molecule has 0 aliphatic carbocycles. The highest BCUT2D eigenvalue weighted by atomic mass is 79.9. The number of carbonyl (C=O) groups is 2. The number of halogens is 1. The maximum absolute atomic E-state index is 13.0. The van der Waals surface area contributed by atoms with Crippen molar-refractivity contribution >= 4 is 55.7 Å². The molecule has 0 radical (unpaired) electrons. The van der Waals surface area contributed by atoms with Gasteiger partial charge < -0.3 is 18.9 Å². The monoisotopic (exact) mass is 619 g/mol. The van der Waals surface area contributed by atoms with Crippen LogP contribution in [-0.2, 0) is 11.4 Å². The van der Waals surface area contributed by atoms with E-state index in [-0.39, 0.29) is 24.3 Å². The number of benzene rings is 4. The molecule has 0 spiro atoms. The van der Waals surface area contributed by atoms with Crippen molar-refractivity contribution in [3.05, 3.63) is 99.4 Å². The van der Waals surface area contributed by atoms with Crippen LogP contribution in [0.3, 0.4) is 0 Å². The van der Waals surface area contributed by atoms with E-state index in [1.54, 1.807) is 38.5 Å². The molecule has 40 heavy (non-hydrogen) atoms. The van der Waals surface area contributed by atoms with Crippen molar-refractivity contribution in [1.82, 2.24) is 4.90 Å². The quantitative estimate of drug-likeness (QED) is 0.172. The topological polar surface area (TPSA) is 74.3 Å². The molecule has 0 N–H and O–H groups in total. The van der Waals surface area contributed by atoms with Gasteiger partial charge in [-0.3, -0.25) is 14.5 Å². The van der Waals surface area contributed by atoms with Gasteiger partial charge in [-0.25, -0.2) is 0 Å². The van der Waals surface area contributed by atoms with Gasteiger partial charge in [0.15, 0.2) is 23.0 Å². The van der Waals surface area contributed by atoms with Crippen molar-refractivity contribution in [2.45, 2.75) is 6.61 Å². The van der Waals surface area contributed by atoms with E-state index in [2.05, 4.69) is 34.1 Å². The highest BCUT2D eigenvalue weighted by molar-refractivity contribution is 9.10. The average Bonchev–Trinajstić information content (AvgIpc) is 3.23. The second kappa shape index (κ2) is 12.5. The van der Waals surface area contributed by atoms with Gasteiger partial charge in [-0.05, 0) is 79.9 Å². The third kappa shape index (κ3) is 5.95. The van der Waals surface area contributed by atoms with E-state index in [4.69, 9.17) is 18.9 Å². The second-order valence-corrected chi connectivity index (χ2v) is 10.6. The zero-order valence-corrected chi connectivity index (χ0v) is 24.3. The van der Waals surface area contributed by atoms with Gasteiger partial charge in [0, 0.05) is 0 Å². The number of thioether (sulfide) groups is 1. The third-order valence-electron chi connectivity index (χ3n) is 6.32. The molecule has 1 fully saturated rings. The Morgan fingerprint density at radius 2 is 1.57 bits per heavy atom. The zero-order chi connectivity index (χ0) is 28.1. The van der Waals surface area contributed by atoms with Crippen LogP contribution < -0.4 is 18.9 Å². The van der Waals surface area contributed by atoms with Crippen molar-refractivity contribution in [2.75, 3.05) is 27.4 Å². The fourth-order valence-electron chi connectivity index (χ4n) is 4.36. The molecule has 1 heterocycles. The minimum Gasteiger partial charge on any atom is -0.493 e. The Hall–Kier alpha value is -3.95. The van der Waals surface area contributed by atoms with E-state index in [1.165, 1.54) is 4.90 Å². The molecule has 0 unspecified atom stereocenters. The predicted molar refractivity (Wildman–Crippen MR) is 160 cm³/mol. The van der Waals surface area contributed by atoms with Crippen LogP contribution in [0.5, 0.6) is 23.0 Å². The Balaban J connectivity index is 1.28. The summed E-state index contributed by atoms with van der Waals surface area (Å²) < 4.78 is 23.5. The number of amides is 2. The molecule has 1 aliphatic heterocycles. The van der Waals surface area contributed by atoms with Crippen molar-refractivity contribution < 1.29 is 28.5 Å². The van der Waals surface area contributed by atoms with E-state index in [0.29, 0.717) is 44.5 Å². The molecule has 0 bridgehead atoms. The molecule has 0 saturated carbocycles. The fraction of sp³-hybridized carbons (Fsp3) is 0.161. The minimum absolute atomic E-state index is 0.119. The molecule has 0 aromatic heterocycles. The Bertz CT molecular complexity index is 1600. The molecule has 9 heteroatoms. The Kier molecular flexibility index (Phi) is 8.62. The molecule has 1 saturated heterocycles. The highest BCUT2D eigenvalue weighted by Crippen LogP contribution is 2.40. The smallest absolute Gasteiger partial charge is 0.293 e. The van der Waals surface area contributed by atoms with Gasteiger partial charge in [-0.15, -0.1) is 0 Å². The summed E-state index contributed by atoms with van der Waals surface area (Å²) in [5.41, 5.74) is 1.75. The number of ether oxygens (including phenoxy) is 4. The molecule has 7 nitrogen and oxygen atoms in total. The molecule has 1 aliphatic rings. The number of fused-ring (bicyclic) bond motifs is 1. The first kappa shape index (κ1) is 27.6. The number of imide groups is 1.